The number of benzene rings is 1. The lowest BCUT2D eigenvalue weighted by molar-refractivity contribution is -0.133. The van der Waals surface area contributed by atoms with E-state index in [2.05, 4.69) is 5.32 Å². The summed E-state index contributed by atoms with van der Waals surface area (Å²) in [7, 11) is 0. The van der Waals surface area contributed by atoms with Crippen LogP contribution in [0.5, 0.6) is 0 Å². The monoisotopic (exact) mass is 318 g/mol. The fraction of sp³-hybridized carbons (Fsp3) is 0.438. The summed E-state index contributed by atoms with van der Waals surface area (Å²) in [5.41, 5.74) is 6.67. The third-order valence-corrected chi connectivity index (χ3v) is 3.74. The van der Waals surface area contributed by atoms with Crippen LogP contribution in [0.1, 0.15) is 31.7 Å². The van der Waals surface area contributed by atoms with Crippen LogP contribution in [0.4, 0.5) is 10.5 Å². The summed E-state index contributed by atoms with van der Waals surface area (Å²) < 4.78 is 0. The minimum atomic E-state index is -0.874. The fourth-order valence-corrected chi connectivity index (χ4v) is 2.55. The van der Waals surface area contributed by atoms with Crippen molar-refractivity contribution >= 4 is 23.5 Å². The second-order valence-corrected chi connectivity index (χ2v) is 5.69. The van der Waals surface area contributed by atoms with E-state index < -0.39 is 18.0 Å². The topological polar surface area (TPSA) is 105 Å². The molecule has 4 amide bonds. The van der Waals surface area contributed by atoms with E-state index in [4.69, 9.17) is 5.73 Å². The molecule has 0 saturated carbocycles. The van der Waals surface area contributed by atoms with E-state index in [-0.39, 0.29) is 5.91 Å². The van der Waals surface area contributed by atoms with Gasteiger partial charge in [0.1, 0.15) is 6.04 Å². The Balaban J connectivity index is 1.97. The average Bonchev–Trinajstić information content (AvgIpc) is 2.49. The number of nitrogens with two attached hydrogens (primary N) is 1. The van der Waals surface area contributed by atoms with Crippen LogP contribution in [-0.4, -0.2) is 35.3 Å². The number of amides is 4. The molecule has 0 unspecified atom stereocenters. The second-order valence-electron chi connectivity index (χ2n) is 5.69. The van der Waals surface area contributed by atoms with Crippen LogP contribution in [0.2, 0.25) is 0 Å². The molecule has 0 aromatic heterocycles. The fourth-order valence-electron chi connectivity index (χ4n) is 2.55. The van der Waals surface area contributed by atoms with E-state index in [9.17, 15) is 14.4 Å². The molecule has 1 aromatic rings. The van der Waals surface area contributed by atoms with Crippen LogP contribution < -0.4 is 16.4 Å². The van der Waals surface area contributed by atoms with E-state index in [1.54, 1.807) is 6.92 Å². The Morgan fingerprint density at radius 2 is 2.13 bits per heavy atom. The van der Waals surface area contributed by atoms with Crippen LogP contribution in [0.15, 0.2) is 24.3 Å². The van der Waals surface area contributed by atoms with Gasteiger partial charge in [0.25, 0.3) is 0 Å². The molecule has 1 heterocycles. The van der Waals surface area contributed by atoms with Crippen LogP contribution in [0, 0.1) is 0 Å². The van der Waals surface area contributed by atoms with Crippen molar-refractivity contribution in [3.05, 3.63) is 29.8 Å². The zero-order chi connectivity index (χ0) is 16.8. The lowest BCUT2D eigenvalue weighted by Crippen LogP contribution is -2.43. The third kappa shape index (κ3) is 4.98. The standard InChI is InChI=1S/C16H22N4O3/c1-11(15(22)19-16(17)23)18-13-6-4-5-12(9-13)10-20-8-3-2-7-14(20)21/h4-6,9,11,18H,2-3,7-8,10H2,1H3,(H3,17,19,22,23)/t11-/m1/s1. The quantitative estimate of drug-likeness (QED) is 0.758. The van der Waals surface area contributed by atoms with Crippen molar-refractivity contribution in [1.82, 2.24) is 10.2 Å². The Kier molecular flexibility index (Phi) is 5.56. The number of hydrogen-bond acceptors (Lipinski definition) is 4. The van der Waals surface area contributed by atoms with Crippen LogP contribution in [0.3, 0.4) is 0 Å². The number of hydrogen-bond donors (Lipinski definition) is 3. The molecule has 1 fully saturated rings. The highest BCUT2D eigenvalue weighted by Gasteiger charge is 2.18. The van der Waals surface area contributed by atoms with Crippen molar-refractivity contribution in [3.8, 4) is 0 Å². The summed E-state index contributed by atoms with van der Waals surface area (Å²) >= 11 is 0. The molecule has 1 atom stereocenters. The number of nitrogens with one attached hydrogen (secondary N) is 2. The second kappa shape index (κ2) is 7.62. The largest absolute Gasteiger partial charge is 0.374 e. The molecule has 1 aliphatic rings. The van der Waals surface area contributed by atoms with Gasteiger partial charge < -0.3 is 16.0 Å². The maximum absolute atomic E-state index is 11.9. The highest BCUT2D eigenvalue weighted by Crippen LogP contribution is 2.17. The Morgan fingerprint density at radius 1 is 1.35 bits per heavy atom. The van der Waals surface area contributed by atoms with Gasteiger partial charge in [-0.25, -0.2) is 4.79 Å². The molecule has 0 spiro atoms. The lowest BCUT2D eigenvalue weighted by atomic mass is 10.1. The molecule has 7 heteroatoms. The van der Waals surface area contributed by atoms with Gasteiger partial charge in [0.2, 0.25) is 11.8 Å². The van der Waals surface area contributed by atoms with Gasteiger partial charge in [-0.1, -0.05) is 12.1 Å². The molecule has 7 nitrogen and oxygen atoms in total. The number of carbonyl (C=O) groups is 3. The summed E-state index contributed by atoms with van der Waals surface area (Å²) in [5.74, 6) is -0.307. The van der Waals surface area contributed by atoms with E-state index in [1.165, 1.54) is 0 Å². The predicted octanol–water partition coefficient (Wildman–Crippen LogP) is 1.19. The lowest BCUT2D eigenvalue weighted by Gasteiger charge is -2.27. The first kappa shape index (κ1) is 16.8. The Morgan fingerprint density at radius 3 is 2.83 bits per heavy atom. The summed E-state index contributed by atoms with van der Waals surface area (Å²) in [6, 6.07) is 6.06. The average molecular weight is 318 g/mol. The molecule has 0 bridgehead atoms. The van der Waals surface area contributed by atoms with Gasteiger partial charge in [-0.3, -0.25) is 14.9 Å². The van der Waals surface area contributed by atoms with E-state index >= 15 is 0 Å². The Labute approximate surface area is 135 Å². The molecule has 0 aliphatic carbocycles. The smallest absolute Gasteiger partial charge is 0.318 e. The minimum Gasteiger partial charge on any atom is -0.374 e. The molecule has 1 aromatic carbocycles. The summed E-state index contributed by atoms with van der Waals surface area (Å²) in [5, 5.41) is 5.05. The van der Waals surface area contributed by atoms with E-state index in [1.807, 2.05) is 34.5 Å². The summed E-state index contributed by atoms with van der Waals surface area (Å²) in [4.78, 5) is 36.1. The van der Waals surface area contributed by atoms with Crippen molar-refractivity contribution in [2.24, 2.45) is 5.73 Å². The van der Waals surface area contributed by atoms with Gasteiger partial charge in [0.15, 0.2) is 0 Å². The predicted molar refractivity (Wildman–Crippen MR) is 86.5 cm³/mol. The summed E-state index contributed by atoms with van der Waals surface area (Å²) in [6.07, 6.45) is 2.61. The maximum Gasteiger partial charge on any atom is 0.318 e. The first-order valence-electron chi connectivity index (χ1n) is 7.69. The van der Waals surface area contributed by atoms with Crippen LogP contribution in [-0.2, 0) is 16.1 Å². The highest BCUT2D eigenvalue weighted by molar-refractivity contribution is 5.97. The first-order chi connectivity index (χ1) is 11.0. The molecule has 23 heavy (non-hydrogen) atoms. The number of piperidine rings is 1. The van der Waals surface area contributed by atoms with E-state index in [0.717, 1.165) is 30.6 Å². The molecule has 124 valence electrons. The van der Waals surface area contributed by atoms with Gasteiger partial charge in [0.05, 0.1) is 0 Å². The number of nitrogens with zero attached hydrogens (tertiary/aromatic N) is 1. The van der Waals surface area contributed by atoms with Crippen molar-refractivity contribution in [3.63, 3.8) is 0 Å². The molecule has 1 aliphatic heterocycles. The number of imide groups is 1. The zero-order valence-electron chi connectivity index (χ0n) is 13.2. The van der Waals surface area contributed by atoms with Crippen molar-refractivity contribution in [2.75, 3.05) is 11.9 Å². The number of likely N-dealkylation sites (tertiary alicyclic amines) is 1. The normalized spacial score (nSPS) is 15.9. The number of rotatable bonds is 5. The SMILES string of the molecule is C[C@@H](Nc1cccc(CN2CCCCC2=O)c1)C(=O)NC(N)=O. The van der Waals surface area contributed by atoms with Crippen LogP contribution >= 0.6 is 0 Å². The van der Waals surface area contributed by atoms with Gasteiger partial charge in [-0.2, -0.15) is 0 Å². The number of primary amides is 1. The zero-order valence-corrected chi connectivity index (χ0v) is 13.2. The number of anilines is 1. The maximum atomic E-state index is 11.9. The number of carbonyl (C=O) groups excluding carboxylic acids is 3. The van der Waals surface area contributed by atoms with Gasteiger partial charge in [-0.05, 0) is 37.5 Å². The van der Waals surface area contributed by atoms with Crippen molar-refractivity contribution in [1.29, 1.82) is 0 Å². The van der Waals surface area contributed by atoms with Gasteiger partial charge >= 0.3 is 6.03 Å². The molecule has 1 saturated heterocycles. The Bertz CT molecular complexity index is 603. The van der Waals surface area contributed by atoms with Gasteiger partial charge in [-0.15, -0.1) is 0 Å². The Hall–Kier alpha value is -2.57. The van der Waals surface area contributed by atoms with Crippen LogP contribution in [0.25, 0.3) is 0 Å². The van der Waals surface area contributed by atoms with E-state index in [0.29, 0.717) is 13.0 Å². The third-order valence-electron chi connectivity index (χ3n) is 3.74. The van der Waals surface area contributed by atoms with Crippen molar-refractivity contribution < 1.29 is 14.4 Å². The molecule has 2 rings (SSSR count). The molecular formula is C16H22N4O3. The summed E-state index contributed by atoms with van der Waals surface area (Å²) in [6.45, 7) is 2.99. The first-order valence-corrected chi connectivity index (χ1v) is 7.69. The van der Waals surface area contributed by atoms with Crippen molar-refractivity contribution in [2.45, 2.75) is 38.8 Å². The molecule has 4 N–H and O–H groups in total. The highest BCUT2D eigenvalue weighted by atomic mass is 16.2. The van der Waals surface area contributed by atoms with Gasteiger partial charge in [0, 0.05) is 25.2 Å². The number of urea groups is 1. The molecule has 0 radical (unpaired) electrons. The minimum absolute atomic E-state index is 0.184. The molecular weight excluding hydrogens is 296 g/mol.